The standard InChI is InChI=1S/C14H24N2O3/c1-11(17)9-12-5-4-8-16(12)14(19)10-15-7-3-2-6-13(15)18/h11-12,17H,2-10H2,1H3. The molecule has 0 aromatic rings. The highest BCUT2D eigenvalue weighted by Crippen LogP contribution is 2.22. The van der Waals surface area contributed by atoms with Crippen molar-refractivity contribution in [3.8, 4) is 0 Å². The topological polar surface area (TPSA) is 60.9 Å². The van der Waals surface area contributed by atoms with Crippen LogP contribution in [-0.4, -0.2) is 58.5 Å². The third-order valence-electron chi connectivity index (χ3n) is 4.06. The molecule has 0 saturated carbocycles. The molecular formula is C14H24N2O3. The molecule has 0 aromatic heterocycles. The monoisotopic (exact) mass is 268 g/mol. The average Bonchev–Trinajstić information content (AvgIpc) is 2.79. The molecule has 0 radical (unpaired) electrons. The Morgan fingerprint density at radius 2 is 2.16 bits per heavy atom. The molecule has 5 nitrogen and oxygen atoms in total. The smallest absolute Gasteiger partial charge is 0.242 e. The fraction of sp³-hybridized carbons (Fsp3) is 0.857. The van der Waals surface area contributed by atoms with Crippen LogP contribution in [0.1, 0.15) is 45.4 Å². The van der Waals surface area contributed by atoms with E-state index in [2.05, 4.69) is 0 Å². The van der Waals surface area contributed by atoms with Gasteiger partial charge >= 0.3 is 0 Å². The minimum Gasteiger partial charge on any atom is -0.393 e. The first kappa shape index (κ1) is 14.3. The molecule has 0 aliphatic carbocycles. The Kier molecular flexibility index (Phi) is 4.80. The first-order chi connectivity index (χ1) is 9.08. The second-order valence-electron chi connectivity index (χ2n) is 5.74. The van der Waals surface area contributed by atoms with Crippen LogP contribution in [0.2, 0.25) is 0 Å². The summed E-state index contributed by atoms with van der Waals surface area (Å²) in [5, 5.41) is 9.47. The van der Waals surface area contributed by atoms with Crippen molar-refractivity contribution in [3.05, 3.63) is 0 Å². The number of amides is 2. The summed E-state index contributed by atoms with van der Waals surface area (Å²) in [6, 6.07) is 0.146. The highest BCUT2D eigenvalue weighted by Gasteiger charge is 2.31. The van der Waals surface area contributed by atoms with Crippen molar-refractivity contribution in [3.63, 3.8) is 0 Å². The molecule has 2 unspecified atom stereocenters. The third kappa shape index (κ3) is 3.69. The molecule has 2 aliphatic rings. The maximum absolute atomic E-state index is 12.3. The number of rotatable bonds is 4. The molecule has 108 valence electrons. The first-order valence-electron chi connectivity index (χ1n) is 7.33. The molecule has 0 aromatic carbocycles. The van der Waals surface area contributed by atoms with Crippen LogP contribution < -0.4 is 0 Å². The summed E-state index contributed by atoms with van der Waals surface area (Å²) < 4.78 is 0. The van der Waals surface area contributed by atoms with Crippen LogP contribution in [0.25, 0.3) is 0 Å². The van der Waals surface area contributed by atoms with Crippen LogP contribution in [0.5, 0.6) is 0 Å². The summed E-state index contributed by atoms with van der Waals surface area (Å²) in [4.78, 5) is 27.6. The van der Waals surface area contributed by atoms with Gasteiger partial charge < -0.3 is 14.9 Å². The quantitative estimate of drug-likeness (QED) is 0.819. The van der Waals surface area contributed by atoms with E-state index in [1.807, 2.05) is 4.90 Å². The van der Waals surface area contributed by atoms with Gasteiger partial charge in [0.15, 0.2) is 0 Å². The maximum Gasteiger partial charge on any atom is 0.242 e. The molecule has 0 bridgehead atoms. The van der Waals surface area contributed by atoms with Gasteiger partial charge in [-0.05, 0) is 39.0 Å². The number of piperidine rings is 1. The molecule has 2 amide bonds. The maximum atomic E-state index is 12.3. The predicted octanol–water partition coefficient (Wildman–Crippen LogP) is 0.761. The van der Waals surface area contributed by atoms with Crippen LogP contribution >= 0.6 is 0 Å². The predicted molar refractivity (Wildman–Crippen MR) is 71.5 cm³/mol. The van der Waals surface area contributed by atoms with Crippen LogP contribution in [0.3, 0.4) is 0 Å². The van der Waals surface area contributed by atoms with Crippen molar-refractivity contribution in [2.75, 3.05) is 19.6 Å². The van der Waals surface area contributed by atoms with Crippen LogP contribution in [-0.2, 0) is 9.59 Å². The number of aliphatic hydroxyl groups is 1. The molecule has 2 aliphatic heterocycles. The second kappa shape index (κ2) is 6.37. The number of carbonyl (C=O) groups is 2. The van der Waals surface area contributed by atoms with Crippen molar-refractivity contribution in [2.45, 2.75) is 57.6 Å². The Balaban J connectivity index is 1.89. The van der Waals surface area contributed by atoms with Crippen LogP contribution in [0, 0.1) is 0 Å². The normalized spacial score (nSPS) is 25.8. The molecular weight excluding hydrogens is 244 g/mol. The summed E-state index contributed by atoms with van der Waals surface area (Å²) >= 11 is 0. The van der Waals surface area contributed by atoms with E-state index in [0.717, 1.165) is 32.2 Å². The number of nitrogens with zero attached hydrogens (tertiary/aromatic N) is 2. The Morgan fingerprint density at radius 3 is 2.84 bits per heavy atom. The van der Waals surface area contributed by atoms with Gasteiger partial charge in [0, 0.05) is 25.6 Å². The lowest BCUT2D eigenvalue weighted by atomic mass is 10.1. The largest absolute Gasteiger partial charge is 0.393 e. The zero-order chi connectivity index (χ0) is 13.8. The fourth-order valence-corrected chi connectivity index (χ4v) is 3.09. The summed E-state index contributed by atoms with van der Waals surface area (Å²) in [7, 11) is 0. The zero-order valence-electron chi connectivity index (χ0n) is 11.7. The van der Waals surface area contributed by atoms with Gasteiger partial charge in [-0.2, -0.15) is 0 Å². The minimum absolute atomic E-state index is 0.0402. The summed E-state index contributed by atoms with van der Waals surface area (Å²) in [5.74, 6) is 0.143. The lowest BCUT2D eigenvalue weighted by Crippen LogP contribution is -2.46. The number of carbonyl (C=O) groups excluding carboxylic acids is 2. The van der Waals surface area contributed by atoms with Crippen LogP contribution in [0.4, 0.5) is 0 Å². The number of hydrogen-bond acceptors (Lipinski definition) is 3. The van der Waals surface area contributed by atoms with Crippen molar-refractivity contribution in [1.82, 2.24) is 9.80 Å². The Morgan fingerprint density at radius 1 is 1.37 bits per heavy atom. The van der Waals surface area contributed by atoms with E-state index in [9.17, 15) is 14.7 Å². The fourth-order valence-electron chi connectivity index (χ4n) is 3.09. The van der Waals surface area contributed by atoms with E-state index in [1.165, 1.54) is 0 Å². The van der Waals surface area contributed by atoms with Gasteiger partial charge in [-0.25, -0.2) is 0 Å². The highest BCUT2D eigenvalue weighted by molar-refractivity contribution is 5.85. The van der Waals surface area contributed by atoms with E-state index in [-0.39, 0.29) is 30.5 Å². The van der Waals surface area contributed by atoms with Crippen molar-refractivity contribution >= 4 is 11.8 Å². The Labute approximate surface area is 114 Å². The van der Waals surface area contributed by atoms with E-state index in [1.54, 1.807) is 11.8 Å². The zero-order valence-corrected chi connectivity index (χ0v) is 11.7. The summed E-state index contributed by atoms with van der Waals surface area (Å²) in [5.41, 5.74) is 0. The minimum atomic E-state index is -0.380. The lowest BCUT2D eigenvalue weighted by Gasteiger charge is -2.31. The lowest BCUT2D eigenvalue weighted by molar-refractivity contribution is -0.142. The van der Waals surface area contributed by atoms with Gasteiger partial charge in [0.2, 0.25) is 11.8 Å². The highest BCUT2D eigenvalue weighted by atomic mass is 16.3. The van der Waals surface area contributed by atoms with E-state index >= 15 is 0 Å². The van der Waals surface area contributed by atoms with E-state index < -0.39 is 0 Å². The van der Waals surface area contributed by atoms with Gasteiger partial charge in [-0.15, -0.1) is 0 Å². The second-order valence-corrected chi connectivity index (χ2v) is 5.74. The molecule has 2 fully saturated rings. The molecule has 2 rings (SSSR count). The Bertz CT molecular complexity index is 344. The summed E-state index contributed by atoms with van der Waals surface area (Å²) in [6.07, 6.45) is 4.73. The van der Waals surface area contributed by atoms with Gasteiger partial charge in [-0.3, -0.25) is 9.59 Å². The molecule has 19 heavy (non-hydrogen) atoms. The molecule has 1 N–H and O–H groups in total. The first-order valence-corrected chi connectivity index (χ1v) is 7.33. The van der Waals surface area contributed by atoms with Crippen molar-refractivity contribution in [1.29, 1.82) is 0 Å². The molecule has 0 spiro atoms. The van der Waals surface area contributed by atoms with E-state index in [4.69, 9.17) is 0 Å². The van der Waals surface area contributed by atoms with Gasteiger partial charge in [-0.1, -0.05) is 0 Å². The summed E-state index contributed by atoms with van der Waals surface area (Å²) in [6.45, 7) is 3.45. The number of aliphatic hydroxyl groups excluding tert-OH is 1. The molecule has 2 saturated heterocycles. The number of likely N-dealkylation sites (tertiary alicyclic amines) is 2. The van der Waals surface area contributed by atoms with Crippen molar-refractivity contribution in [2.24, 2.45) is 0 Å². The van der Waals surface area contributed by atoms with E-state index in [0.29, 0.717) is 19.4 Å². The molecule has 2 atom stereocenters. The Hall–Kier alpha value is -1.10. The number of hydrogen-bond donors (Lipinski definition) is 1. The third-order valence-corrected chi connectivity index (χ3v) is 4.06. The average molecular weight is 268 g/mol. The van der Waals surface area contributed by atoms with Gasteiger partial charge in [0.05, 0.1) is 12.6 Å². The van der Waals surface area contributed by atoms with Gasteiger partial charge in [0.25, 0.3) is 0 Å². The van der Waals surface area contributed by atoms with Crippen molar-refractivity contribution < 1.29 is 14.7 Å². The van der Waals surface area contributed by atoms with Gasteiger partial charge in [0.1, 0.15) is 0 Å². The molecule has 5 heteroatoms. The molecule has 2 heterocycles. The SMILES string of the molecule is CC(O)CC1CCCN1C(=O)CN1CCCCC1=O. The van der Waals surface area contributed by atoms with Crippen LogP contribution in [0.15, 0.2) is 0 Å².